The fourth-order valence-electron chi connectivity index (χ4n) is 3.87. The van der Waals surface area contributed by atoms with Crippen LogP contribution in [0.2, 0.25) is 0 Å². The first kappa shape index (κ1) is 18.4. The van der Waals surface area contributed by atoms with Crippen LogP contribution in [-0.4, -0.2) is 76.6 Å². The fourth-order valence-corrected chi connectivity index (χ4v) is 3.87. The van der Waals surface area contributed by atoms with E-state index in [1.807, 2.05) is 6.07 Å². The molecule has 1 aromatic heterocycles. The molecule has 3 heterocycles. The summed E-state index contributed by atoms with van der Waals surface area (Å²) in [5, 5.41) is 22.8. The summed E-state index contributed by atoms with van der Waals surface area (Å²) >= 11 is 0. The SMILES string of the molecule is CC(C)Nc1cc(N2C[C@@H](CN3CCC(O)CC3)[C@@H](CO)C2)ncn1. The molecule has 7 nitrogen and oxygen atoms in total. The molecule has 2 aliphatic heterocycles. The molecule has 0 saturated carbocycles. The molecule has 0 amide bonds. The predicted molar refractivity (Wildman–Crippen MR) is 98.8 cm³/mol. The van der Waals surface area contributed by atoms with Gasteiger partial charge in [-0.3, -0.25) is 0 Å². The summed E-state index contributed by atoms with van der Waals surface area (Å²) in [5.74, 6) is 2.46. The maximum Gasteiger partial charge on any atom is 0.134 e. The lowest BCUT2D eigenvalue weighted by Crippen LogP contribution is -2.40. The monoisotopic (exact) mass is 349 g/mol. The van der Waals surface area contributed by atoms with Crippen LogP contribution >= 0.6 is 0 Å². The van der Waals surface area contributed by atoms with Crippen LogP contribution in [0.15, 0.2) is 12.4 Å². The lowest BCUT2D eigenvalue weighted by molar-refractivity contribution is 0.0687. The zero-order valence-electron chi connectivity index (χ0n) is 15.3. The molecule has 2 saturated heterocycles. The molecule has 2 fully saturated rings. The van der Waals surface area contributed by atoms with Crippen molar-refractivity contribution >= 4 is 11.6 Å². The lowest BCUT2D eigenvalue weighted by Gasteiger charge is -2.32. The predicted octanol–water partition coefficient (Wildman–Crippen LogP) is 0.798. The van der Waals surface area contributed by atoms with Crippen LogP contribution in [0.4, 0.5) is 11.6 Å². The van der Waals surface area contributed by atoms with Gasteiger partial charge in [0.2, 0.25) is 0 Å². The molecule has 2 atom stereocenters. The number of rotatable bonds is 6. The maximum absolute atomic E-state index is 9.82. The number of aliphatic hydroxyl groups is 2. The van der Waals surface area contributed by atoms with Gasteiger partial charge in [0.1, 0.15) is 18.0 Å². The third-order valence-corrected chi connectivity index (χ3v) is 5.27. The first-order valence-corrected chi connectivity index (χ1v) is 9.40. The highest BCUT2D eigenvalue weighted by atomic mass is 16.3. The molecule has 140 valence electrons. The summed E-state index contributed by atoms with van der Waals surface area (Å²) in [7, 11) is 0. The zero-order valence-corrected chi connectivity index (χ0v) is 15.3. The number of nitrogens with one attached hydrogen (secondary N) is 1. The highest BCUT2D eigenvalue weighted by Crippen LogP contribution is 2.29. The first-order chi connectivity index (χ1) is 12.0. The van der Waals surface area contributed by atoms with Crippen molar-refractivity contribution in [2.45, 2.75) is 38.8 Å². The van der Waals surface area contributed by atoms with Crippen LogP contribution in [0.25, 0.3) is 0 Å². The van der Waals surface area contributed by atoms with Crippen molar-refractivity contribution in [3.8, 4) is 0 Å². The molecule has 2 aliphatic rings. The number of aromatic nitrogens is 2. The standard InChI is InChI=1S/C18H31N5O2/c1-13(2)21-17-7-18(20-12-19-17)23-9-14(15(10-23)11-24)8-22-5-3-16(25)4-6-22/h7,12-16,24-25H,3-6,8-11H2,1-2H3,(H,19,20,21)/t14-,15-/m1/s1. The third kappa shape index (κ3) is 4.80. The Morgan fingerprint density at radius 1 is 1.20 bits per heavy atom. The number of nitrogens with zero attached hydrogens (tertiary/aromatic N) is 4. The average Bonchev–Trinajstić information content (AvgIpc) is 2.99. The van der Waals surface area contributed by atoms with Gasteiger partial charge in [0.15, 0.2) is 0 Å². The molecule has 0 spiro atoms. The second kappa shape index (κ2) is 8.29. The minimum atomic E-state index is -0.141. The zero-order chi connectivity index (χ0) is 17.8. The molecule has 7 heteroatoms. The topological polar surface area (TPSA) is 84.8 Å². The van der Waals surface area contributed by atoms with Crippen LogP contribution < -0.4 is 10.2 Å². The second-order valence-corrected chi connectivity index (χ2v) is 7.70. The minimum absolute atomic E-state index is 0.141. The molecule has 1 aromatic rings. The molecular weight excluding hydrogens is 318 g/mol. The summed E-state index contributed by atoms with van der Waals surface area (Å²) in [6, 6.07) is 2.32. The average molecular weight is 349 g/mol. The maximum atomic E-state index is 9.82. The quantitative estimate of drug-likeness (QED) is 0.700. The van der Waals surface area contributed by atoms with Gasteiger partial charge >= 0.3 is 0 Å². The van der Waals surface area contributed by atoms with Gasteiger partial charge in [-0.25, -0.2) is 9.97 Å². The summed E-state index contributed by atoms with van der Waals surface area (Å²) in [6.07, 6.45) is 3.18. The summed E-state index contributed by atoms with van der Waals surface area (Å²) in [4.78, 5) is 13.4. The van der Waals surface area contributed by atoms with Crippen molar-refractivity contribution in [3.63, 3.8) is 0 Å². The van der Waals surface area contributed by atoms with Crippen molar-refractivity contribution in [1.82, 2.24) is 14.9 Å². The smallest absolute Gasteiger partial charge is 0.134 e. The number of likely N-dealkylation sites (tertiary alicyclic amines) is 1. The van der Waals surface area contributed by atoms with Crippen molar-refractivity contribution in [2.24, 2.45) is 11.8 Å². The molecule has 0 bridgehead atoms. The normalized spacial score (nSPS) is 25.7. The third-order valence-electron chi connectivity index (χ3n) is 5.27. The van der Waals surface area contributed by atoms with E-state index in [1.165, 1.54) is 0 Å². The minimum Gasteiger partial charge on any atom is -0.396 e. The van der Waals surface area contributed by atoms with Gasteiger partial charge in [-0.2, -0.15) is 0 Å². The van der Waals surface area contributed by atoms with Gasteiger partial charge in [0.05, 0.1) is 6.10 Å². The van der Waals surface area contributed by atoms with Gasteiger partial charge in [0, 0.05) is 57.4 Å². The van der Waals surface area contributed by atoms with E-state index in [4.69, 9.17) is 0 Å². The Kier molecular flexibility index (Phi) is 6.09. The highest BCUT2D eigenvalue weighted by Gasteiger charge is 2.34. The van der Waals surface area contributed by atoms with Crippen LogP contribution in [0.5, 0.6) is 0 Å². The van der Waals surface area contributed by atoms with E-state index < -0.39 is 0 Å². The number of piperidine rings is 1. The molecular formula is C18H31N5O2. The Hall–Kier alpha value is -1.44. The molecule has 3 N–H and O–H groups in total. The van der Waals surface area contributed by atoms with Crippen LogP contribution in [0.3, 0.4) is 0 Å². The number of hydrogen-bond acceptors (Lipinski definition) is 7. The van der Waals surface area contributed by atoms with E-state index in [2.05, 4.69) is 38.9 Å². The molecule has 25 heavy (non-hydrogen) atoms. The van der Waals surface area contributed by atoms with E-state index in [9.17, 15) is 10.2 Å². The van der Waals surface area contributed by atoms with Crippen molar-refractivity contribution in [1.29, 1.82) is 0 Å². The largest absolute Gasteiger partial charge is 0.396 e. The Labute approximate surface area is 150 Å². The molecule has 0 unspecified atom stereocenters. The van der Waals surface area contributed by atoms with Crippen molar-refractivity contribution < 1.29 is 10.2 Å². The van der Waals surface area contributed by atoms with Crippen LogP contribution in [-0.2, 0) is 0 Å². The Morgan fingerprint density at radius 3 is 2.60 bits per heavy atom. The molecule has 0 aliphatic carbocycles. The fraction of sp³-hybridized carbons (Fsp3) is 0.778. The van der Waals surface area contributed by atoms with E-state index in [0.29, 0.717) is 12.0 Å². The first-order valence-electron chi connectivity index (χ1n) is 9.40. The van der Waals surface area contributed by atoms with Crippen LogP contribution in [0, 0.1) is 11.8 Å². The molecule has 3 rings (SSSR count). The Balaban J connectivity index is 1.62. The molecule has 0 aromatic carbocycles. The van der Waals surface area contributed by atoms with E-state index in [-0.39, 0.29) is 18.6 Å². The number of hydrogen-bond donors (Lipinski definition) is 3. The lowest BCUT2D eigenvalue weighted by atomic mass is 9.95. The summed E-state index contributed by atoms with van der Waals surface area (Å²) < 4.78 is 0. The van der Waals surface area contributed by atoms with E-state index in [0.717, 1.165) is 57.2 Å². The summed E-state index contributed by atoms with van der Waals surface area (Å²) in [6.45, 7) is 9.00. The van der Waals surface area contributed by atoms with Crippen molar-refractivity contribution in [3.05, 3.63) is 12.4 Å². The van der Waals surface area contributed by atoms with Gasteiger partial charge in [0.25, 0.3) is 0 Å². The summed E-state index contributed by atoms with van der Waals surface area (Å²) in [5.41, 5.74) is 0. The van der Waals surface area contributed by atoms with E-state index >= 15 is 0 Å². The Morgan fingerprint density at radius 2 is 1.92 bits per heavy atom. The van der Waals surface area contributed by atoms with Gasteiger partial charge in [-0.05, 0) is 32.6 Å². The number of anilines is 2. The van der Waals surface area contributed by atoms with E-state index in [1.54, 1.807) is 6.33 Å². The van der Waals surface area contributed by atoms with Gasteiger partial charge in [-0.1, -0.05) is 0 Å². The van der Waals surface area contributed by atoms with Crippen molar-refractivity contribution in [2.75, 3.05) is 49.5 Å². The highest BCUT2D eigenvalue weighted by molar-refractivity contribution is 5.49. The Bertz CT molecular complexity index is 548. The number of aliphatic hydroxyl groups excluding tert-OH is 2. The molecule has 0 radical (unpaired) electrons. The van der Waals surface area contributed by atoms with Gasteiger partial charge in [-0.15, -0.1) is 0 Å². The second-order valence-electron chi connectivity index (χ2n) is 7.70. The van der Waals surface area contributed by atoms with Gasteiger partial charge < -0.3 is 25.3 Å². The van der Waals surface area contributed by atoms with Crippen LogP contribution in [0.1, 0.15) is 26.7 Å².